The molecule has 1 aromatic heterocycles. The van der Waals surface area contributed by atoms with E-state index in [2.05, 4.69) is 10.4 Å². The smallest absolute Gasteiger partial charge is 0.263 e. The first-order valence-corrected chi connectivity index (χ1v) is 9.95. The number of aromatic nitrogens is 2. The average molecular weight is 456 g/mol. The molecule has 2 aromatic carbocycles. The third-order valence-electron chi connectivity index (χ3n) is 5.15. The monoisotopic (exact) mass is 455 g/mol. The van der Waals surface area contributed by atoms with Crippen LogP contribution < -0.4 is 10.2 Å². The lowest BCUT2D eigenvalue weighted by molar-refractivity contribution is -0.123. The van der Waals surface area contributed by atoms with E-state index < -0.39 is 24.3 Å². The third kappa shape index (κ3) is 3.81. The molecule has 1 N–H and O–H groups in total. The van der Waals surface area contributed by atoms with E-state index in [1.165, 1.54) is 46.0 Å². The summed E-state index contributed by atoms with van der Waals surface area (Å²) in [7, 11) is 0. The number of alkyl halides is 2. The molecule has 4 rings (SSSR count). The van der Waals surface area contributed by atoms with Crippen LogP contribution in [-0.4, -0.2) is 28.1 Å². The molecule has 10 heteroatoms. The molecule has 0 fully saturated rings. The maximum atomic E-state index is 13.3. The number of benzene rings is 2. The van der Waals surface area contributed by atoms with Crippen LogP contribution >= 0.6 is 11.6 Å². The van der Waals surface area contributed by atoms with Crippen LogP contribution in [0.3, 0.4) is 0 Å². The van der Waals surface area contributed by atoms with Gasteiger partial charge in [0, 0.05) is 23.0 Å². The Hall–Kier alpha value is -3.77. The molecular weight excluding hydrogens is 440 g/mol. The Balaban J connectivity index is 1.70. The van der Waals surface area contributed by atoms with Crippen LogP contribution in [0.25, 0.3) is 11.3 Å². The molecule has 0 bridgehead atoms. The lowest BCUT2D eigenvalue weighted by Gasteiger charge is -2.24. The Morgan fingerprint density at radius 3 is 2.66 bits per heavy atom. The SMILES string of the molecule is CC1C(=O)N(CC(=O)Nc2ccc(C(F)F)cc2)c2cc(C#N)cc(Cl)c2-c2ccnn21. The molecule has 0 radical (unpaired) electrons. The molecule has 3 aromatic rings. The highest BCUT2D eigenvalue weighted by molar-refractivity contribution is 6.34. The van der Waals surface area contributed by atoms with Gasteiger partial charge in [-0.3, -0.25) is 14.3 Å². The van der Waals surface area contributed by atoms with E-state index in [9.17, 15) is 23.6 Å². The van der Waals surface area contributed by atoms with E-state index in [0.29, 0.717) is 22.6 Å². The summed E-state index contributed by atoms with van der Waals surface area (Å²) in [4.78, 5) is 27.3. The highest BCUT2D eigenvalue weighted by Gasteiger charge is 2.34. The number of nitrogens with one attached hydrogen (secondary N) is 1. The molecule has 1 aliphatic heterocycles. The molecule has 1 atom stereocenters. The normalized spacial score (nSPS) is 15.1. The van der Waals surface area contributed by atoms with Crippen LogP contribution in [0.4, 0.5) is 20.2 Å². The van der Waals surface area contributed by atoms with Gasteiger partial charge in [-0.15, -0.1) is 0 Å². The maximum Gasteiger partial charge on any atom is 0.263 e. The predicted molar refractivity (Wildman–Crippen MR) is 114 cm³/mol. The first-order chi connectivity index (χ1) is 15.3. The number of carbonyl (C=O) groups excluding carboxylic acids is 2. The third-order valence-corrected chi connectivity index (χ3v) is 5.45. The molecule has 2 heterocycles. The van der Waals surface area contributed by atoms with Crippen molar-refractivity contribution in [2.75, 3.05) is 16.8 Å². The summed E-state index contributed by atoms with van der Waals surface area (Å²) in [6, 6.07) is 11.1. The molecule has 0 saturated carbocycles. The van der Waals surface area contributed by atoms with Crippen molar-refractivity contribution in [2.24, 2.45) is 0 Å². The number of hydrogen-bond acceptors (Lipinski definition) is 4. The highest BCUT2D eigenvalue weighted by atomic mass is 35.5. The van der Waals surface area contributed by atoms with Gasteiger partial charge in [-0.05, 0) is 37.3 Å². The van der Waals surface area contributed by atoms with E-state index in [0.717, 1.165) is 0 Å². The van der Waals surface area contributed by atoms with Gasteiger partial charge < -0.3 is 10.2 Å². The molecule has 0 aliphatic carbocycles. The molecule has 2 amide bonds. The van der Waals surface area contributed by atoms with Gasteiger partial charge in [-0.25, -0.2) is 8.78 Å². The second-order valence-corrected chi connectivity index (χ2v) is 7.60. The lowest BCUT2D eigenvalue weighted by atomic mass is 10.1. The van der Waals surface area contributed by atoms with Crippen molar-refractivity contribution in [3.8, 4) is 17.3 Å². The Morgan fingerprint density at radius 2 is 2.00 bits per heavy atom. The van der Waals surface area contributed by atoms with Gasteiger partial charge in [0.1, 0.15) is 12.6 Å². The van der Waals surface area contributed by atoms with Gasteiger partial charge in [0.2, 0.25) is 5.91 Å². The fourth-order valence-corrected chi connectivity index (χ4v) is 3.92. The van der Waals surface area contributed by atoms with E-state index >= 15 is 0 Å². The lowest BCUT2D eigenvalue weighted by Crippen LogP contribution is -2.41. The van der Waals surface area contributed by atoms with Crippen LogP contribution in [0, 0.1) is 11.3 Å². The zero-order valence-electron chi connectivity index (χ0n) is 16.7. The van der Waals surface area contributed by atoms with E-state index in [4.69, 9.17) is 11.6 Å². The Morgan fingerprint density at radius 1 is 1.28 bits per heavy atom. The van der Waals surface area contributed by atoms with Crippen molar-refractivity contribution in [3.05, 3.63) is 64.8 Å². The molecule has 162 valence electrons. The molecule has 1 aliphatic rings. The number of anilines is 2. The van der Waals surface area contributed by atoms with E-state index in [1.54, 1.807) is 19.2 Å². The van der Waals surface area contributed by atoms with Crippen molar-refractivity contribution < 1.29 is 18.4 Å². The summed E-state index contributed by atoms with van der Waals surface area (Å²) in [6.45, 7) is 1.28. The number of amides is 2. The number of halogens is 3. The molecule has 32 heavy (non-hydrogen) atoms. The van der Waals surface area contributed by atoms with Crippen molar-refractivity contribution >= 4 is 34.8 Å². The van der Waals surface area contributed by atoms with Crippen LogP contribution in [0.5, 0.6) is 0 Å². The minimum Gasteiger partial charge on any atom is -0.325 e. The van der Waals surface area contributed by atoms with Gasteiger partial charge in [-0.2, -0.15) is 10.4 Å². The first kappa shape index (κ1) is 21.5. The minimum absolute atomic E-state index is 0.165. The first-order valence-electron chi connectivity index (χ1n) is 9.57. The van der Waals surface area contributed by atoms with Crippen LogP contribution in [0.15, 0.2) is 48.7 Å². The zero-order valence-corrected chi connectivity index (χ0v) is 17.5. The second-order valence-electron chi connectivity index (χ2n) is 7.20. The Kier molecular flexibility index (Phi) is 5.63. The molecule has 7 nitrogen and oxygen atoms in total. The van der Waals surface area contributed by atoms with E-state index in [-0.39, 0.29) is 22.7 Å². The number of hydrogen-bond donors (Lipinski definition) is 1. The van der Waals surface area contributed by atoms with Gasteiger partial charge in [-0.1, -0.05) is 23.7 Å². The van der Waals surface area contributed by atoms with Crippen molar-refractivity contribution in [1.29, 1.82) is 5.26 Å². The second kappa shape index (κ2) is 8.40. The van der Waals surface area contributed by atoms with Crippen LogP contribution in [0.2, 0.25) is 5.02 Å². The summed E-state index contributed by atoms with van der Waals surface area (Å²) in [5.74, 6) is -0.956. The number of carbonyl (C=O) groups is 2. The standard InChI is InChI=1S/C22H16ClF2N5O2/c1-12-22(32)29(11-19(31)28-15-4-2-14(3-5-15)21(24)25)18-9-13(10-26)8-16(23)20(18)17-6-7-27-30(12)17/h2-9,12,21H,11H2,1H3,(H,28,31). The summed E-state index contributed by atoms with van der Waals surface area (Å²) in [5, 5.41) is 16.4. The maximum absolute atomic E-state index is 13.3. The Bertz CT molecular complexity index is 1250. The molecule has 0 saturated heterocycles. The summed E-state index contributed by atoms with van der Waals surface area (Å²) in [5.41, 5.74) is 1.76. The fraction of sp³-hybridized carbons (Fsp3) is 0.182. The number of nitriles is 1. The van der Waals surface area contributed by atoms with E-state index in [1.807, 2.05) is 6.07 Å². The van der Waals surface area contributed by atoms with Gasteiger partial charge >= 0.3 is 0 Å². The largest absolute Gasteiger partial charge is 0.325 e. The summed E-state index contributed by atoms with van der Waals surface area (Å²) < 4.78 is 27.0. The Labute approximate surface area is 186 Å². The van der Waals surface area contributed by atoms with Crippen molar-refractivity contribution in [3.63, 3.8) is 0 Å². The van der Waals surface area contributed by atoms with Gasteiger partial charge in [0.05, 0.1) is 28.0 Å². The molecule has 0 spiro atoms. The number of fused-ring (bicyclic) bond motifs is 3. The van der Waals surface area contributed by atoms with Crippen LogP contribution in [0.1, 0.15) is 30.5 Å². The quantitative estimate of drug-likeness (QED) is 0.624. The summed E-state index contributed by atoms with van der Waals surface area (Å²) in [6.07, 6.45) is -1.07. The fourth-order valence-electron chi connectivity index (χ4n) is 3.61. The average Bonchev–Trinajstić information content (AvgIpc) is 3.22. The molecule has 1 unspecified atom stereocenters. The summed E-state index contributed by atoms with van der Waals surface area (Å²) >= 11 is 6.46. The highest BCUT2D eigenvalue weighted by Crippen LogP contribution is 2.42. The van der Waals surface area contributed by atoms with Crippen molar-refractivity contribution in [2.45, 2.75) is 19.4 Å². The predicted octanol–water partition coefficient (Wildman–Crippen LogP) is 4.56. The van der Waals surface area contributed by atoms with Crippen molar-refractivity contribution in [1.82, 2.24) is 9.78 Å². The topological polar surface area (TPSA) is 91.0 Å². The minimum atomic E-state index is -2.61. The van der Waals surface area contributed by atoms with Gasteiger partial charge in [0.15, 0.2) is 0 Å². The zero-order chi connectivity index (χ0) is 23.0. The molecular formula is C22H16ClF2N5O2. The van der Waals surface area contributed by atoms with Gasteiger partial charge in [0.25, 0.3) is 12.3 Å². The number of rotatable bonds is 4. The number of nitrogens with zero attached hydrogens (tertiary/aromatic N) is 4. The van der Waals surface area contributed by atoms with Crippen LogP contribution in [-0.2, 0) is 9.59 Å².